The maximum Gasteiger partial charge on any atom is 0.127 e. The summed E-state index contributed by atoms with van der Waals surface area (Å²) in [4.78, 5) is 8.93. The van der Waals surface area contributed by atoms with Gasteiger partial charge >= 0.3 is 0 Å². The number of hydrogen-bond donors (Lipinski definition) is 0. The van der Waals surface area contributed by atoms with E-state index in [1.54, 1.807) is 12.1 Å². The van der Waals surface area contributed by atoms with E-state index in [4.69, 9.17) is 0 Å². The molecule has 3 aromatic rings. The van der Waals surface area contributed by atoms with Crippen LogP contribution < -0.4 is 0 Å². The molecule has 1 aromatic carbocycles. The average Bonchev–Trinajstić information content (AvgIpc) is 2.74. The molecule has 2 nitrogen and oxygen atoms in total. The van der Waals surface area contributed by atoms with Crippen LogP contribution >= 0.6 is 11.3 Å². The second kappa shape index (κ2) is 3.64. The molecule has 0 spiro atoms. The van der Waals surface area contributed by atoms with E-state index in [2.05, 4.69) is 16.2 Å². The monoisotopic (exact) mass is 229 g/mol. The van der Waals surface area contributed by atoms with Gasteiger partial charge in [0.2, 0.25) is 0 Å². The number of halogens is 1. The third-order valence-electron chi connectivity index (χ3n) is 2.34. The van der Waals surface area contributed by atoms with Gasteiger partial charge in [-0.2, -0.15) is 0 Å². The highest BCUT2D eigenvalue weighted by Gasteiger charge is 2.07. The maximum absolute atomic E-state index is 12.8. The van der Waals surface area contributed by atoms with Crippen molar-refractivity contribution in [3.63, 3.8) is 0 Å². The molecule has 0 amide bonds. The van der Waals surface area contributed by atoms with E-state index in [-0.39, 0.29) is 5.82 Å². The Balaban J connectivity index is 2.22. The van der Waals surface area contributed by atoms with Crippen LogP contribution in [0.3, 0.4) is 0 Å². The molecule has 1 radical (unpaired) electrons. The van der Waals surface area contributed by atoms with Crippen LogP contribution in [0.25, 0.3) is 21.3 Å². The molecule has 4 heteroatoms. The van der Waals surface area contributed by atoms with Gasteiger partial charge in [-0.15, -0.1) is 11.3 Å². The molecule has 0 bridgehead atoms. The number of rotatable bonds is 1. The van der Waals surface area contributed by atoms with Crippen molar-refractivity contribution in [3.05, 3.63) is 48.0 Å². The molecule has 0 aliphatic carbocycles. The van der Waals surface area contributed by atoms with E-state index in [1.807, 2.05) is 5.38 Å². The summed E-state index contributed by atoms with van der Waals surface area (Å²) >= 11 is 1.54. The number of hydrogen-bond acceptors (Lipinski definition) is 3. The normalized spacial score (nSPS) is 10.8. The van der Waals surface area contributed by atoms with Crippen molar-refractivity contribution in [3.8, 4) is 11.1 Å². The largest absolute Gasteiger partial charge is 0.234 e. The zero-order valence-electron chi connectivity index (χ0n) is 8.14. The second-order valence-electron chi connectivity index (χ2n) is 3.32. The Morgan fingerprint density at radius 3 is 2.81 bits per heavy atom. The molecular weight excluding hydrogens is 223 g/mol. The van der Waals surface area contributed by atoms with Gasteiger partial charge in [-0.25, -0.2) is 14.4 Å². The number of fused-ring (bicyclic) bond motifs is 1. The summed E-state index contributed by atoms with van der Waals surface area (Å²) in [5.41, 5.74) is 1.96. The number of benzene rings is 1. The molecule has 0 aliphatic heterocycles. The minimum Gasteiger partial charge on any atom is -0.234 e. The Bertz CT molecular complexity index is 631. The highest BCUT2D eigenvalue weighted by molar-refractivity contribution is 7.17. The molecule has 0 saturated heterocycles. The van der Waals surface area contributed by atoms with Crippen LogP contribution in [-0.2, 0) is 0 Å². The first-order valence-electron chi connectivity index (χ1n) is 4.70. The van der Waals surface area contributed by atoms with Crippen molar-refractivity contribution in [2.75, 3.05) is 0 Å². The van der Waals surface area contributed by atoms with E-state index in [1.165, 1.54) is 29.8 Å². The van der Waals surface area contributed by atoms with Gasteiger partial charge in [0, 0.05) is 16.3 Å². The lowest BCUT2D eigenvalue weighted by molar-refractivity contribution is 0.628. The van der Waals surface area contributed by atoms with E-state index in [0.29, 0.717) is 0 Å². The van der Waals surface area contributed by atoms with Crippen LogP contribution in [0.2, 0.25) is 0 Å². The Morgan fingerprint density at radius 2 is 2.00 bits per heavy atom. The molecule has 2 heterocycles. The average molecular weight is 229 g/mol. The molecule has 0 fully saturated rings. The summed E-state index contributed by atoms with van der Waals surface area (Å²) in [5, 5.41) is 2.88. The van der Waals surface area contributed by atoms with E-state index < -0.39 is 0 Å². The maximum atomic E-state index is 12.8. The van der Waals surface area contributed by atoms with E-state index in [9.17, 15) is 4.39 Å². The van der Waals surface area contributed by atoms with Crippen LogP contribution in [0.5, 0.6) is 0 Å². The first kappa shape index (κ1) is 9.42. The third kappa shape index (κ3) is 1.47. The van der Waals surface area contributed by atoms with Crippen molar-refractivity contribution in [1.82, 2.24) is 9.97 Å². The Labute approximate surface area is 95.4 Å². The van der Waals surface area contributed by atoms with Crippen molar-refractivity contribution < 1.29 is 4.39 Å². The summed E-state index contributed by atoms with van der Waals surface area (Å²) in [5.74, 6) is -0.233. The lowest BCUT2D eigenvalue weighted by atomic mass is 10.1. The fraction of sp³-hybridized carbons (Fsp3) is 0. The molecule has 0 atom stereocenters. The van der Waals surface area contributed by atoms with Crippen LogP contribution in [0, 0.1) is 12.0 Å². The minimum atomic E-state index is -0.233. The van der Waals surface area contributed by atoms with Crippen molar-refractivity contribution in [2.24, 2.45) is 0 Å². The summed E-state index contributed by atoms with van der Waals surface area (Å²) < 4.78 is 12.8. The van der Waals surface area contributed by atoms with Crippen LogP contribution in [-0.4, -0.2) is 9.97 Å². The summed E-state index contributed by atoms with van der Waals surface area (Å²) in [6.45, 7) is 0. The predicted octanol–water partition coefficient (Wildman–Crippen LogP) is 3.30. The molecule has 0 aliphatic rings. The fourth-order valence-corrected chi connectivity index (χ4v) is 2.43. The molecule has 0 N–H and O–H groups in total. The van der Waals surface area contributed by atoms with Gasteiger partial charge in [-0.1, -0.05) is 12.1 Å². The van der Waals surface area contributed by atoms with Gasteiger partial charge < -0.3 is 0 Å². The highest BCUT2D eigenvalue weighted by Crippen LogP contribution is 2.31. The lowest BCUT2D eigenvalue weighted by Gasteiger charge is -1.98. The Morgan fingerprint density at radius 1 is 1.19 bits per heavy atom. The molecule has 3 rings (SSSR count). The summed E-state index contributed by atoms with van der Waals surface area (Å²) in [6.07, 6.45) is 4.40. The van der Waals surface area contributed by atoms with Gasteiger partial charge in [0.15, 0.2) is 0 Å². The van der Waals surface area contributed by atoms with Crippen molar-refractivity contribution >= 4 is 21.6 Å². The molecule has 16 heavy (non-hydrogen) atoms. The molecule has 2 aromatic heterocycles. The smallest absolute Gasteiger partial charge is 0.127 e. The minimum absolute atomic E-state index is 0.233. The first-order chi connectivity index (χ1) is 7.84. The quantitative estimate of drug-likeness (QED) is 0.639. The zero-order valence-corrected chi connectivity index (χ0v) is 8.96. The van der Waals surface area contributed by atoms with Crippen molar-refractivity contribution in [2.45, 2.75) is 0 Å². The summed E-state index contributed by atoms with van der Waals surface area (Å²) in [6, 6.07) is 6.39. The topological polar surface area (TPSA) is 25.8 Å². The number of thiophene rings is 1. The van der Waals surface area contributed by atoms with Gasteiger partial charge in [0.25, 0.3) is 0 Å². The van der Waals surface area contributed by atoms with Crippen LogP contribution in [0.1, 0.15) is 0 Å². The predicted molar refractivity (Wildman–Crippen MR) is 61.6 cm³/mol. The molecule has 77 valence electrons. The highest BCUT2D eigenvalue weighted by atomic mass is 32.1. The Kier molecular flexibility index (Phi) is 2.15. The lowest BCUT2D eigenvalue weighted by Crippen LogP contribution is -1.80. The number of aromatic nitrogens is 2. The standard InChI is InChI=1S/C12H6FN2S/c13-9-3-1-8(2-4-9)11-6-16-12-10(11)5-14-7-15-12/h1-4,6-7H. The van der Waals surface area contributed by atoms with Gasteiger partial charge in [0.05, 0.1) is 0 Å². The number of nitrogens with zero attached hydrogens (tertiary/aromatic N) is 2. The van der Waals surface area contributed by atoms with Crippen molar-refractivity contribution in [1.29, 1.82) is 0 Å². The Hall–Kier alpha value is -1.81. The first-order valence-corrected chi connectivity index (χ1v) is 5.58. The molecule has 0 saturated carbocycles. The second-order valence-corrected chi connectivity index (χ2v) is 4.18. The third-order valence-corrected chi connectivity index (χ3v) is 3.22. The van der Waals surface area contributed by atoms with Crippen LogP contribution in [0.15, 0.2) is 36.0 Å². The van der Waals surface area contributed by atoms with E-state index in [0.717, 1.165) is 21.3 Å². The van der Waals surface area contributed by atoms with E-state index >= 15 is 0 Å². The SMILES string of the molecule is Fc1ccc(-c2csc3ncn[c]c23)cc1. The summed E-state index contributed by atoms with van der Waals surface area (Å²) in [7, 11) is 0. The fourth-order valence-electron chi connectivity index (χ4n) is 1.57. The van der Waals surface area contributed by atoms with Gasteiger partial charge in [-0.3, -0.25) is 0 Å². The van der Waals surface area contributed by atoms with Gasteiger partial charge in [-0.05, 0) is 17.7 Å². The zero-order chi connectivity index (χ0) is 11.0. The van der Waals surface area contributed by atoms with Gasteiger partial charge in [0.1, 0.15) is 23.2 Å². The molecule has 0 unspecified atom stereocenters. The van der Waals surface area contributed by atoms with Crippen LogP contribution in [0.4, 0.5) is 4.39 Å². The molecular formula is C12H6FN2S.